The monoisotopic (exact) mass is 479 g/mol. The van der Waals surface area contributed by atoms with Crippen molar-refractivity contribution in [3.05, 3.63) is 11.6 Å². The van der Waals surface area contributed by atoms with Crippen molar-refractivity contribution in [1.82, 2.24) is 0 Å². The number of ketones is 1. The van der Waals surface area contributed by atoms with Crippen LogP contribution in [-0.4, -0.2) is 35.3 Å². The number of fused-ring (bicyclic) bond motifs is 5. The largest absolute Gasteiger partial charge is 0.405 e. The molecule has 1 heterocycles. The van der Waals surface area contributed by atoms with Gasteiger partial charge in [-0.05, 0) is 101 Å². The lowest BCUT2D eigenvalue weighted by atomic mass is 9.46. The van der Waals surface area contributed by atoms with Gasteiger partial charge in [0.2, 0.25) is 0 Å². The van der Waals surface area contributed by atoms with Gasteiger partial charge in [0.1, 0.15) is 5.60 Å². The Morgan fingerprint density at radius 3 is 2.32 bits per heavy atom. The molecule has 4 aliphatic carbocycles. The molecule has 31 heavy (non-hydrogen) atoms. The molecular formula is C26H42O2S2Si. The number of rotatable bonds is 3. The Hall–Kier alpha value is 0.287. The van der Waals surface area contributed by atoms with E-state index in [1.54, 1.807) is 5.57 Å². The molecule has 1 saturated heterocycles. The maximum absolute atomic E-state index is 13.2. The van der Waals surface area contributed by atoms with E-state index in [2.05, 4.69) is 63.1 Å². The molecule has 0 amide bonds. The Labute approximate surface area is 199 Å². The second-order valence-corrected chi connectivity index (χ2v) is 20.1. The fraction of sp³-hybridized carbons (Fsp3) is 0.885. The van der Waals surface area contributed by atoms with Gasteiger partial charge in [0.25, 0.3) is 0 Å². The minimum atomic E-state index is -1.82. The molecule has 1 aliphatic heterocycles. The van der Waals surface area contributed by atoms with E-state index in [9.17, 15) is 4.79 Å². The van der Waals surface area contributed by atoms with Gasteiger partial charge < -0.3 is 4.43 Å². The van der Waals surface area contributed by atoms with E-state index in [4.69, 9.17) is 4.43 Å². The molecule has 0 N–H and O–H groups in total. The molecule has 4 fully saturated rings. The highest BCUT2D eigenvalue weighted by molar-refractivity contribution is 8.21. The molecule has 0 aromatic heterocycles. The maximum atomic E-state index is 13.2. The molecule has 1 spiro atoms. The summed E-state index contributed by atoms with van der Waals surface area (Å²) in [6, 6.07) is 0. The summed E-state index contributed by atoms with van der Waals surface area (Å²) < 4.78 is 7.26. The molecule has 5 rings (SSSR count). The lowest BCUT2D eigenvalue weighted by Crippen LogP contribution is -2.60. The number of hydrogen-bond donors (Lipinski definition) is 0. The standard InChI is InChI=1S/C26H42O2S2Si/c1-18(27)26(28-31(4,5)6)12-10-22-20-8-7-19-17-25(29-15-16-30-25)14-13-23(19,2)21(20)9-11-24(22,26)3/h17,20-22H,7-16H2,1-6H3/t20-,21+,22+,23+,24+,26+/m1/s1/i18+1. The minimum absolute atomic E-state index is 0.0188. The summed E-state index contributed by atoms with van der Waals surface area (Å²) in [5, 5.41) is 0. The van der Waals surface area contributed by atoms with Crippen molar-refractivity contribution in [3.63, 3.8) is 0 Å². The first-order valence-electron chi connectivity index (χ1n) is 12.7. The van der Waals surface area contributed by atoms with Gasteiger partial charge in [-0.3, -0.25) is 4.79 Å². The van der Waals surface area contributed by atoms with E-state index in [-0.39, 0.29) is 5.41 Å². The maximum Gasteiger partial charge on any atom is 0.185 e. The second kappa shape index (κ2) is 7.39. The molecule has 5 heteroatoms. The van der Waals surface area contributed by atoms with E-state index in [1.165, 1.54) is 56.5 Å². The van der Waals surface area contributed by atoms with Crippen molar-refractivity contribution in [2.24, 2.45) is 28.6 Å². The zero-order valence-electron chi connectivity index (χ0n) is 20.5. The predicted octanol–water partition coefficient (Wildman–Crippen LogP) is 7.30. The Bertz CT molecular complexity index is 798. The van der Waals surface area contributed by atoms with Crippen molar-refractivity contribution in [1.29, 1.82) is 0 Å². The van der Waals surface area contributed by atoms with Crippen LogP contribution in [0.1, 0.15) is 72.1 Å². The quantitative estimate of drug-likeness (QED) is 0.241. The van der Waals surface area contributed by atoms with Gasteiger partial charge in [-0.2, -0.15) is 0 Å². The van der Waals surface area contributed by atoms with E-state index < -0.39 is 13.9 Å². The smallest absolute Gasteiger partial charge is 0.185 e. The van der Waals surface area contributed by atoms with E-state index in [0.717, 1.165) is 18.3 Å². The number of thioether (sulfide) groups is 2. The highest BCUT2D eigenvalue weighted by Gasteiger charge is 2.67. The van der Waals surface area contributed by atoms with Crippen LogP contribution in [0.3, 0.4) is 0 Å². The molecule has 174 valence electrons. The lowest BCUT2D eigenvalue weighted by molar-refractivity contribution is -0.155. The number of allylic oxidation sites excluding steroid dienone is 1. The van der Waals surface area contributed by atoms with Crippen molar-refractivity contribution in [3.8, 4) is 0 Å². The Morgan fingerprint density at radius 1 is 1.00 bits per heavy atom. The van der Waals surface area contributed by atoms with Crippen LogP contribution in [0.5, 0.6) is 0 Å². The summed E-state index contributed by atoms with van der Waals surface area (Å²) >= 11 is 4.42. The average molecular weight is 480 g/mol. The molecular weight excluding hydrogens is 437 g/mol. The van der Waals surface area contributed by atoms with Gasteiger partial charge in [0.15, 0.2) is 14.1 Å². The van der Waals surface area contributed by atoms with Crippen LogP contribution in [0.15, 0.2) is 11.6 Å². The third kappa shape index (κ3) is 3.33. The summed E-state index contributed by atoms with van der Waals surface area (Å²) in [5.41, 5.74) is 1.67. The van der Waals surface area contributed by atoms with Crippen LogP contribution in [-0.2, 0) is 9.22 Å². The van der Waals surface area contributed by atoms with Gasteiger partial charge in [0.05, 0.1) is 4.08 Å². The van der Waals surface area contributed by atoms with Gasteiger partial charge >= 0.3 is 0 Å². The zero-order valence-corrected chi connectivity index (χ0v) is 23.1. The van der Waals surface area contributed by atoms with Gasteiger partial charge in [-0.25, -0.2) is 0 Å². The Balaban J connectivity index is 1.46. The third-order valence-corrected chi connectivity index (χ3v) is 14.4. The van der Waals surface area contributed by atoms with Gasteiger partial charge in [-0.15, -0.1) is 23.5 Å². The van der Waals surface area contributed by atoms with Crippen molar-refractivity contribution >= 4 is 37.6 Å². The molecule has 3 saturated carbocycles. The summed E-state index contributed by atoms with van der Waals surface area (Å²) in [5.74, 6) is 5.16. The minimum Gasteiger partial charge on any atom is -0.405 e. The van der Waals surface area contributed by atoms with Crippen LogP contribution in [0, 0.1) is 28.6 Å². The van der Waals surface area contributed by atoms with Gasteiger partial charge in [0, 0.05) is 16.9 Å². The first kappa shape index (κ1) is 23.0. The predicted molar refractivity (Wildman–Crippen MR) is 137 cm³/mol. The number of carbonyl (C=O) groups excluding carboxylic acids is 1. The third-order valence-electron chi connectivity index (χ3n) is 10.1. The summed E-state index contributed by atoms with van der Waals surface area (Å²) in [6.45, 7) is 13.7. The SMILES string of the molecule is C[13C](=O)[C@@]1(O[Si](C)(C)C)CC[C@H]2[C@@H]3CCC4=CC5(CC[C@]4(C)[C@H]3CC[C@@]21C)SCCS5. The number of carbonyl (C=O) groups is 1. The lowest BCUT2D eigenvalue weighted by Gasteiger charge is -2.60. The molecule has 6 atom stereocenters. The van der Waals surface area contributed by atoms with Crippen molar-refractivity contribution < 1.29 is 9.22 Å². The highest BCUT2D eigenvalue weighted by Crippen LogP contribution is 2.70. The van der Waals surface area contributed by atoms with E-state index in [1.807, 2.05) is 6.92 Å². The van der Waals surface area contributed by atoms with E-state index >= 15 is 0 Å². The van der Waals surface area contributed by atoms with Crippen LogP contribution in [0.25, 0.3) is 0 Å². The zero-order chi connectivity index (χ0) is 22.3. The molecule has 0 bridgehead atoms. The molecule has 0 aromatic rings. The van der Waals surface area contributed by atoms with Crippen molar-refractivity contribution in [2.45, 2.75) is 101 Å². The number of hydrogen-bond acceptors (Lipinski definition) is 4. The Morgan fingerprint density at radius 2 is 1.68 bits per heavy atom. The van der Waals surface area contributed by atoms with Crippen molar-refractivity contribution in [2.75, 3.05) is 11.5 Å². The molecule has 5 aliphatic rings. The fourth-order valence-corrected chi connectivity index (χ4v) is 13.4. The summed E-state index contributed by atoms with van der Waals surface area (Å²) in [6.07, 6.45) is 12.7. The molecule has 0 unspecified atom stereocenters. The summed E-state index contributed by atoms with van der Waals surface area (Å²) in [7, 11) is -1.82. The number of Topliss-reactive ketones (excluding diaryl/α,β-unsaturated/α-hetero) is 1. The van der Waals surface area contributed by atoms with Crippen LogP contribution in [0.2, 0.25) is 19.6 Å². The van der Waals surface area contributed by atoms with Crippen LogP contribution in [0.4, 0.5) is 0 Å². The topological polar surface area (TPSA) is 26.3 Å². The second-order valence-electron chi connectivity index (χ2n) is 12.6. The first-order valence-corrected chi connectivity index (χ1v) is 18.0. The van der Waals surface area contributed by atoms with Crippen LogP contribution >= 0.6 is 23.5 Å². The fourth-order valence-electron chi connectivity index (χ4n) is 8.72. The average Bonchev–Trinajstić information content (AvgIpc) is 3.25. The Kier molecular flexibility index (Phi) is 5.49. The molecule has 0 radical (unpaired) electrons. The first-order chi connectivity index (χ1) is 14.4. The normalized spacial score (nSPS) is 46.3. The summed E-state index contributed by atoms with van der Waals surface area (Å²) in [4.78, 5) is 13.2. The van der Waals surface area contributed by atoms with E-state index in [0.29, 0.717) is 21.2 Å². The van der Waals surface area contributed by atoms with Crippen LogP contribution < -0.4 is 0 Å². The van der Waals surface area contributed by atoms with Gasteiger partial charge in [-0.1, -0.05) is 25.5 Å². The molecule has 0 aromatic carbocycles. The molecule has 2 nitrogen and oxygen atoms in total. The highest BCUT2D eigenvalue weighted by atomic mass is 32.2.